The van der Waals surface area contributed by atoms with Crippen molar-refractivity contribution in [1.29, 1.82) is 5.26 Å². The molecule has 2 aromatic rings. The van der Waals surface area contributed by atoms with Crippen LogP contribution in [0.4, 0.5) is 0 Å². The Morgan fingerprint density at radius 3 is 2.29 bits per heavy atom. The van der Waals surface area contributed by atoms with Crippen molar-refractivity contribution in [3.8, 4) is 6.07 Å². The normalized spacial score (nSPS) is 13.5. The van der Waals surface area contributed by atoms with E-state index < -0.39 is 0 Å². The standard InChI is InChI=1S/C14H9BrN4O2/c1-18-11(12(15)10(6-16)17-18)7-19-13(20)8-4-2-3-5-9(8)14(19)21/h2-5H,7H2,1H3. The fourth-order valence-corrected chi connectivity index (χ4v) is 2.86. The molecule has 0 bridgehead atoms. The zero-order chi connectivity index (χ0) is 15.1. The van der Waals surface area contributed by atoms with Crippen molar-refractivity contribution in [2.75, 3.05) is 0 Å². The quantitative estimate of drug-likeness (QED) is 0.778. The van der Waals surface area contributed by atoms with Crippen LogP contribution in [-0.4, -0.2) is 26.5 Å². The fourth-order valence-electron chi connectivity index (χ4n) is 2.31. The number of halogens is 1. The van der Waals surface area contributed by atoms with Crippen molar-refractivity contribution in [2.45, 2.75) is 6.54 Å². The number of hydrogen-bond donors (Lipinski definition) is 0. The van der Waals surface area contributed by atoms with E-state index in [1.54, 1.807) is 31.3 Å². The average Bonchev–Trinajstić information content (AvgIpc) is 2.90. The third-order valence-electron chi connectivity index (χ3n) is 3.39. The maximum atomic E-state index is 12.3. The Morgan fingerprint density at radius 1 is 1.24 bits per heavy atom. The summed E-state index contributed by atoms with van der Waals surface area (Å²) < 4.78 is 2.00. The average molecular weight is 345 g/mol. The van der Waals surface area contributed by atoms with Gasteiger partial charge in [0.05, 0.1) is 27.8 Å². The van der Waals surface area contributed by atoms with Gasteiger partial charge in [0, 0.05) is 7.05 Å². The topological polar surface area (TPSA) is 79.0 Å². The summed E-state index contributed by atoms with van der Waals surface area (Å²) in [6.07, 6.45) is 0. The molecule has 0 N–H and O–H groups in total. The third-order valence-corrected chi connectivity index (χ3v) is 4.23. The lowest BCUT2D eigenvalue weighted by Gasteiger charge is -2.14. The molecule has 0 saturated heterocycles. The van der Waals surface area contributed by atoms with E-state index in [1.807, 2.05) is 6.07 Å². The number of benzene rings is 1. The second kappa shape index (κ2) is 4.82. The van der Waals surface area contributed by atoms with Crippen LogP contribution in [0.3, 0.4) is 0 Å². The van der Waals surface area contributed by atoms with Gasteiger partial charge in [-0.15, -0.1) is 0 Å². The Balaban J connectivity index is 1.98. The minimum atomic E-state index is -0.331. The molecule has 0 fully saturated rings. The molecule has 0 saturated carbocycles. The molecule has 0 atom stereocenters. The van der Waals surface area contributed by atoms with E-state index in [0.29, 0.717) is 21.3 Å². The molecular weight excluding hydrogens is 336 g/mol. The van der Waals surface area contributed by atoms with Crippen molar-refractivity contribution >= 4 is 27.7 Å². The van der Waals surface area contributed by atoms with Crippen LogP contribution in [0.1, 0.15) is 32.1 Å². The van der Waals surface area contributed by atoms with Crippen LogP contribution >= 0.6 is 15.9 Å². The first kappa shape index (κ1) is 13.5. The lowest BCUT2D eigenvalue weighted by molar-refractivity contribution is 0.0638. The highest BCUT2D eigenvalue weighted by Crippen LogP contribution is 2.27. The monoisotopic (exact) mass is 344 g/mol. The number of hydrogen-bond acceptors (Lipinski definition) is 4. The van der Waals surface area contributed by atoms with Gasteiger partial charge in [0.1, 0.15) is 6.07 Å². The molecule has 104 valence electrons. The van der Waals surface area contributed by atoms with Crippen LogP contribution in [0.5, 0.6) is 0 Å². The Bertz CT molecular complexity index is 784. The first-order valence-electron chi connectivity index (χ1n) is 6.11. The second-order valence-corrected chi connectivity index (χ2v) is 5.38. The molecule has 1 aromatic carbocycles. The van der Waals surface area contributed by atoms with Gasteiger partial charge < -0.3 is 0 Å². The molecule has 6 nitrogen and oxygen atoms in total. The third kappa shape index (κ3) is 1.96. The molecule has 2 heterocycles. The van der Waals surface area contributed by atoms with E-state index in [9.17, 15) is 9.59 Å². The fraction of sp³-hybridized carbons (Fsp3) is 0.143. The van der Waals surface area contributed by atoms with Crippen LogP contribution in [-0.2, 0) is 13.6 Å². The molecule has 1 aliphatic rings. The number of carbonyl (C=O) groups excluding carboxylic acids is 2. The van der Waals surface area contributed by atoms with E-state index in [4.69, 9.17) is 5.26 Å². The Morgan fingerprint density at radius 2 is 1.81 bits per heavy atom. The van der Waals surface area contributed by atoms with Gasteiger partial charge in [-0.2, -0.15) is 10.4 Å². The molecular formula is C14H9BrN4O2. The lowest BCUT2D eigenvalue weighted by atomic mass is 10.1. The number of aryl methyl sites for hydroxylation is 1. The molecule has 0 radical (unpaired) electrons. The predicted molar refractivity (Wildman–Crippen MR) is 76.3 cm³/mol. The molecule has 2 amide bonds. The van der Waals surface area contributed by atoms with Gasteiger partial charge in [-0.1, -0.05) is 12.1 Å². The summed E-state index contributed by atoms with van der Waals surface area (Å²) in [7, 11) is 1.67. The van der Waals surface area contributed by atoms with E-state index in [0.717, 1.165) is 4.90 Å². The molecule has 0 aliphatic carbocycles. The van der Waals surface area contributed by atoms with Crippen LogP contribution in [0.15, 0.2) is 28.7 Å². The SMILES string of the molecule is Cn1nc(C#N)c(Br)c1CN1C(=O)c2ccccc2C1=O. The molecule has 7 heteroatoms. The molecule has 1 aliphatic heterocycles. The predicted octanol–water partition coefficient (Wildman–Crippen LogP) is 1.85. The molecule has 3 rings (SSSR count). The van der Waals surface area contributed by atoms with Crippen LogP contribution in [0, 0.1) is 11.3 Å². The maximum Gasteiger partial charge on any atom is 0.261 e. The highest BCUT2D eigenvalue weighted by atomic mass is 79.9. The van der Waals surface area contributed by atoms with E-state index in [1.165, 1.54) is 4.68 Å². The van der Waals surface area contributed by atoms with Crippen molar-refractivity contribution in [3.05, 3.63) is 51.3 Å². The van der Waals surface area contributed by atoms with Crippen molar-refractivity contribution in [1.82, 2.24) is 14.7 Å². The molecule has 0 unspecified atom stereocenters. The highest BCUT2D eigenvalue weighted by molar-refractivity contribution is 9.10. The zero-order valence-electron chi connectivity index (χ0n) is 11.0. The zero-order valence-corrected chi connectivity index (χ0v) is 12.6. The largest absolute Gasteiger partial charge is 0.269 e. The van der Waals surface area contributed by atoms with Crippen molar-refractivity contribution in [3.63, 3.8) is 0 Å². The van der Waals surface area contributed by atoms with Crippen LogP contribution in [0.25, 0.3) is 0 Å². The Hall–Kier alpha value is -2.46. The van der Waals surface area contributed by atoms with Gasteiger partial charge in [-0.3, -0.25) is 19.2 Å². The molecule has 0 spiro atoms. The Labute approximate surface area is 128 Å². The lowest BCUT2D eigenvalue weighted by Crippen LogP contribution is -2.30. The smallest absolute Gasteiger partial charge is 0.261 e. The summed E-state index contributed by atoms with van der Waals surface area (Å²) in [4.78, 5) is 25.8. The number of nitrogens with zero attached hydrogens (tertiary/aromatic N) is 4. The van der Waals surface area contributed by atoms with Gasteiger partial charge in [0.2, 0.25) is 0 Å². The van der Waals surface area contributed by atoms with E-state index in [2.05, 4.69) is 21.0 Å². The van der Waals surface area contributed by atoms with Gasteiger partial charge in [-0.05, 0) is 28.1 Å². The first-order chi connectivity index (χ1) is 10.0. The number of carbonyl (C=O) groups is 2. The summed E-state index contributed by atoms with van der Waals surface area (Å²) in [5, 5.41) is 13.0. The van der Waals surface area contributed by atoms with E-state index in [-0.39, 0.29) is 24.1 Å². The minimum absolute atomic E-state index is 0.0676. The van der Waals surface area contributed by atoms with Crippen LogP contribution in [0.2, 0.25) is 0 Å². The summed E-state index contributed by atoms with van der Waals surface area (Å²) in [5.74, 6) is -0.663. The maximum absolute atomic E-state index is 12.3. The summed E-state index contributed by atoms with van der Waals surface area (Å²) in [6, 6.07) is 8.67. The van der Waals surface area contributed by atoms with Crippen molar-refractivity contribution < 1.29 is 9.59 Å². The van der Waals surface area contributed by atoms with E-state index >= 15 is 0 Å². The van der Waals surface area contributed by atoms with Gasteiger partial charge in [0.15, 0.2) is 5.69 Å². The second-order valence-electron chi connectivity index (χ2n) is 4.59. The number of amides is 2. The number of rotatable bonds is 2. The summed E-state index contributed by atoms with van der Waals surface area (Å²) in [6.45, 7) is 0.0676. The first-order valence-corrected chi connectivity index (χ1v) is 6.90. The number of aromatic nitrogens is 2. The number of nitriles is 1. The van der Waals surface area contributed by atoms with Gasteiger partial charge in [0.25, 0.3) is 11.8 Å². The molecule has 21 heavy (non-hydrogen) atoms. The van der Waals surface area contributed by atoms with Crippen LogP contribution < -0.4 is 0 Å². The van der Waals surface area contributed by atoms with Gasteiger partial charge in [-0.25, -0.2) is 0 Å². The summed E-state index contributed by atoms with van der Waals surface area (Å²) in [5.41, 5.74) is 1.63. The summed E-state index contributed by atoms with van der Waals surface area (Å²) >= 11 is 3.29. The van der Waals surface area contributed by atoms with Crippen molar-refractivity contribution in [2.24, 2.45) is 7.05 Å². The minimum Gasteiger partial charge on any atom is -0.269 e. The number of imide groups is 1. The highest BCUT2D eigenvalue weighted by Gasteiger charge is 2.36. The molecule has 1 aromatic heterocycles. The Kier molecular flexibility index (Phi) is 3.11. The van der Waals surface area contributed by atoms with Gasteiger partial charge >= 0.3 is 0 Å². The number of fused-ring (bicyclic) bond motifs is 1.